The summed E-state index contributed by atoms with van der Waals surface area (Å²) in [5.74, 6) is 1.40. The summed E-state index contributed by atoms with van der Waals surface area (Å²) >= 11 is 6.53. The highest BCUT2D eigenvalue weighted by Gasteiger charge is 1.90. The van der Waals surface area contributed by atoms with Crippen molar-refractivity contribution < 1.29 is 4.79 Å². The predicted molar refractivity (Wildman–Crippen MR) is 33.9 cm³/mol. The molecule has 0 heterocycles. The van der Waals surface area contributed by atoms with E-state index in [2.05, 4.69) is 0 Å². The minimum atomic E-state index is -0.258. The third-order valence-corrected chi connectivity index (χ3v) is 1.59. The third kappa shape index (κ3) is 6.31. The van der Waals surface area contributed by atoms with Crippen molar-refractivity contribution in [3.8, 4) is 0 Å². The Kier molecular flexibility index (Phi) is 4.67. The molecule has 0 N–H and O–H groups in total. The van der Waals surface area contributed by atoms with Crippen molar-refractivity contribution in [2.75, 3.05) is 11.5 Å². The Hall–Kier alpha value is 0.310. The normalized spacial score (nSPS) is 8.86. The van der Waals surface area contributed by atoms with Gasteiger partial charge in [-0.2, -0.15) is 11.8 Å². The Bertz CT molecular complexity index is 64.7. The lowest BCUT2D eigenvalue weighted by molar-refractivity contribution is -0.109. The first kappa shape index (κ1) is 7.31. The van der Waals surface area contributed by atoms with Gasteiger partial charge in [0.05, 0.1) is 5.75 Å². The van der Waals surface area contributed by atoms with Crippen molar-refractivity contribution in [2.24, 2.45) is 0 Å². The summed E-state index contributed by atoms with van der Waals surface area (Å²) in [6, 6.07) is 0. The van der Waals surface area contributed by atoms with Crippen LogP contribution >= 0.6 is 23.4 Å². The van der Waals surface area contributed by atoms with E-state index >= 15 is 0 Å². The molecule has 0 atom stereocenters. The smallest absolute Gasteiger partial charge is 0.231 e. The number of thioether (sulfide) groups is 1. The molecule has 0 aromatic heterocycles. The van der Waals surface area contributed by atoms with E-state index in [9.17, 15) is 4.79 Å². The van der Waals surface area contributed by atoms with E-state index in [0.717, 1.165) is 5.75 Å². The first-order valence-corrected chi connectivity index (χ1v) is 3.56. The second kappa shape index (κ2) is 4.47. The number of carbonyl (C=O) groups excluding carboxylic acids is 1. The van der Waals surface area contributed by atoms with Crippen LogP contribution < -0.4 is 0 Å². The van der Waals surface area contributed by atoms with Gasteiger partial charge in [-0.1, -0.05) is 6.92 Å². The summed E-state index contributed by atoms with van der Waals surface area (Å²) in [7, 11) is 0. The highest BCUT2D eigenvalue weighted by Crippen LogP contribution is 1.98. The molecular formula is C4H7ClOS. The van der Waals surface area contributed by atoms with Crippen LogP contribution in [0.2, 0.25) is 0 Å². The topological polar surface area (TPSA) is 17.1 Å². The molecule has 0 spiro atoms. The molecule has 0 radical (unpaired) electrons. The average molecular weight is 139 g/mol. The zero-order chi connectivity index (χ0) is 5.70. The van der Waals surface area contributed by atoms with Gasteiger partial charge in [0.2, 0.25) is 5.24 Å². The Morgan fingerprint density at radius 2 is 2.43 bits per heavy atom. The van der Waals surface area contributed by atoms with Gasteiger partial charge < -0.3 is 0 Å². The molecule has 0 unspecified atom stereocenters. The summed E-state index contributed by atoms with van der Waals surface area (Å²) in [4.78, 5) is 9.95. The van der Waals surface area contributed by atoms with Crippen LogP contribution in [0.25, 0.3) is 0 Å². The standard InChI is InChI=1S/C4H7ClOS/c1-2-7-3-4(5)6/h2-3H2,1H3. The molecule has 0 aromatic rings. The number of halogens is 1. The Balaban J connectivity index is 2.82. The highest BCUT2D eigenvalue weighted by molar-refractivity contribution is 8.00. The van der Waals surface area contributed by atoms with E-state index in [0.29, 0.717) is 5.75 Å². The van der Waals surface area contributed by atoms with Gasteiger partial charge in [-0.05, 0) is 17.4 Å². The van der Waals surface area contributed by atoms with Gasteiger partial charge in [0.15, 0.2) is 0 Å². The molecule has 0 bridgehead atoms. The first-order valence-electron chi connectivity index (χ1n) is 2.03. The number of hydrogen-bond donors (Lipinski definition) is 0. The molecule has 0 aromatic carbocycles. The maximum atomic E-state index is 9.95. The molecule has 0 amide bonds. The summed E-state index contributed by atoms with van der Waals surface area (Å²) in [6.07, 6.45) is 0. The van der Waals surface area contributed by atoms with Gasteiger partial charge in [-0.25, -0.2) is 0 Å². The van der Waals surface area contributed by atoms with Crippen molar-refractivity contribution in [2.45, 2.75) is 6.92 Å². The molecule has 3 heteroatoms. The van der Waals surface area contributed by atoms with Gasteiger partial charge in [-0.3, -0.25) is 4.79 Å². The SMILES string of the molecule is CCSCC(=O)Cl. The molecule has 0 saturated heterocycles. The van der Waals surface area contributed by atoms with Crippen molar-refractivity contribution in [3.05, 3.63) is 0 Å². The number of carbonyl (C=O) groups is 1. The van der Waals surface area contributed by atoms with E-state index in [1.165, 1.54) is 11.8 Å². The maximum Gasteiger partial charge on any atom is 0.231 e. The van der Waals surface area contributed by atoms with Crippen LogP contribution in [0.3, 0.4) is 0 Å². The van der Waals surface area contributed by atoms with Crippen LogP contribution in [0.5, 0.6) is 0 Å². The largest absolute Gasteiger partial charge is 0.280 e. The van der Waals surface area contributed by atoms with Crippen molar-refractivity contribution in [3.63, 3.8) is 0 Å². The van der Waals surface area contributed by atoms with E-state index in [1.54, 1.807) is 0 Å². The van der Waals surface area contributed by atoms with Crippen LogP contribution in [0.4, 0.5) is 0 Å². The van der Waals surface area contributed by atoms with Crippen molar-refractivity contribution in [1.29, 1.82) is 0 Å². The first-order chi connectivity index (χ1) is 3.27. The predicted octanol–water partition coefficient (Wildman–Crippen LogP) is 1.50. The van der Waals surface area contributed by atoms with Gasteiger partial charge >= 0.3 is 0 Å². The number of rotatable bonds is 3. The van der Waals surface area contributed by atoms with Crippen LogP contribution in [0, 0.1) is 0 Å². The van der Waals surface area contributed by atoms with Crippen molar-refractivity contribution >= 4 is 28.6 Å². The van der Waals surface area contributed by atoms with Gasteiger partial charge in [0.1, 0.15) is 0 Å². The summed E-state index contributed by atoms with van der Waals surface area (Å²) in [6.45, 7) is 1.99. The molecule has 0 aliphatic heterocycles. The minimum Gasteiger partial charge on any atom is -0.280 e. The van der Waals surface area contributed by atoms with Gasteiger partial charge in [-0.15, -0.1) is 0 Å². The molecule has 7 heavy (non-hydrogen) atoms. The molecule has 1 nitrogen and oxygen atoms in total. The fraction of sp³-hybridized carbons (Fsp3) is 0.750. The zero-order valence-electron chi connectivity index (χ0n) is 4.11. The second-order valence-electron chi connectivity index (χ2n) is 0.992. The molecule has 0 fully saturated rings. The third-order valence-electron chi connectivity index (χ3n) is 0.420. The molecule has 0 saturated carbocycles. The minimum absolute atomic E-state index is 0.258. The zero-order valence-corrected chi connectivity index (χ0v) is 5.68. The molecular weight excluding hydrogens is 132 g/mol. The van der Waals surface area contributed by atoms with E-state index in [4.69, 9.17) is 11.6 Å². The lowest BCUT2D eigenvalue weighted by atomic mass is 10.9. The van der Waals surface area contributed by atoms with E-state index in [1.807, 2.05) is 6.92 Å². The highest BCUT2D eigenvalue weighted by atomic mass is 35.5. The second-order valence-corrected chi connectivity index (χ2v) is 2.69. The van der Waals surface area contributed by atoms with E-state index < -0.39 is 0 Å². The summed E-state index contributed by atoms with van der Waals surface area (Å²) < 4.78 is 0. The fourth-order valence-corrected chi connectivity index (χ4v) is 0.778. The van der Waals surface area contributed by atoms with Crippen LogP contribution in [0.1, 0.15) is 6.92 Å². The van der Waals surface area contributed by atoms with Gasteiger partial charge in [0.25, 0.3) is 0 Å². The van der Waals surface area contributed by atoms with Crippen LogP contribution in [0.15, 0.2) is 0 Å². The number of hydrogen-bond acceptors (Lipinski definition) is 2. The Morgan fingerprint density at radius 1 is 1.86 bits per heavy atom. The summed E-state index contributed by atoms with van der Waals surface area (Å²) in [5.41, 5.74) is 0. The molecule has 0 aliphatic carbocycles. The monoisotopic (exact) mass is 138 g/mol. The van der Waals surface area contributed by atoms with Crippen LogP contribution in [-0.2, 0) is 4.79 Å². The fourth-order valence-electron chi connectivity index (χ4n) is 0.182. The maximum absolute atomic E-state index is 9.95. The summed E-state index contributed by atoms with van der Waals surface area (Å²) in [5, 5.41) is -0.258. The molecule has 0 aliphatic rings. The quantitative estimate of drug-likeness (QED) is 0.550. The molecule has 0 rings (SSSR count). The molecule has 42 valence electrons. The van der Waals surface area contributed by atoms with Crippen molar-refractivity contribution in [1.82, 2.24) is 0 Å². The lowest BCUT2D eigenvalue weighted by Crippen LogP contribution is -1.88. The van der Waals surface area contributed by atoms with Gasteiger partial charge in [0, 0.05) is 0 Å². The Morgan fingerprint density at radius 3 is 2.57 bits per heavy atom. The van der Waals surface area contributed by atoms with E-state index in [-0.39, 0.29) is 5.24 Å². The average Bonchev–Trinajstić information content (AvgIpc) is 1.61. The van der Waals surface area contributed by atoms with Crippen LogP contribution in [-0.4, -0.2) is 16.7 Å². The lowest BCUT2D eigenvalue weighted by Gasteiger charge is -1.85. The Labute approximate surface area is 52.4 Å².